The predicted molar refractivity (Wildman–Crippen MR) is 112 cm³/mol. The molecule has 5 aromatic rings. The van der Waals surface area contributed by atoms with Gasteiger partial charge in [-0.2, -0.15) is 14.6 Å². The Labute approximate surface area is 171 Å². The number of aromatic nitrogens is 6. The van der Waals surface area contributed by atoms with E-state index in [9.17, 15) is 4.39 Å². The second-order valence-electron chi connectivity index (χ2n) is 6.85. The molecule has 0 atom stereocenters. The number of anilines is 1. The molecule has 0 saturated carbocycles. The Hall–Kier alpha value is -4.07. The minimum absolute atomic E-state index is 0.305. The first-order valence-electron chi connectivity index (χ1n) is 9.48. The van der Waals surface area contributed by atoms with Gasteiger partial charge in [0.05, 0.1) is 11.4 Å². The van der Waals surface area contributed by atoms with Crippen molar-refractivity contribution in [3.8, 4) is 16.9 Å². The molecule has 0 unspecified atom stereocenters. The van der Waals surface area contributed by atoms with Crippen LogP contribution in [0.4, 0.5) is 10.2 Å². The van der Waals surface area contributed by atoms with E-state index in [4.69, 9.17) is 0 Å². The molecule has 3 aromatic heterocycles. The predicted octanol–water partition coefficient (Wildman–Crippen LogP) is 4.04. The zero-order valence-electron chi connectivity index (χ0n) is 16.2. The number of aryl methyl sites for hydroxylation is 1. The van der Waals surface area contributed by atoms with Crippen molar-refractivity contribution in [1.29, 1.82) is 0 Å². The zero-order chi connectivity index (χ0) is 20.5. The van der Waals surface area contributed by atoms with Crippen LogP contribution in [0.3, 0.4) is 0 Å². The lowest BCUT2D eigenvalue weighted by atomic mass is 10.1. The van der Waals surface area contributed by atoms with Crippen LogP contribution in [0.15, 0.2) is 73.3 Å². The Bertz CT molecular complexity index is 1320. The maximum Gasteiger partial charge on any atom is 0.254 e. The van der Waals surface area contributed by atoms with Gasteiger partial charge < -0.3 is 9.88 Å². The van der Waals surface area contributed by atoms with Crippen LogP contribution >= 0.6 is 0 Å². The second-order valence-corrected chi connectivity index (χ2v) is 6.85. The van der Waals surface area contributed by atoms with Gasteiger partial charge in [-0.3, -0.25) is 0 Å². The first-order valence-corrected chi connectivity index (χ1v) is 9.48. The van der Waals surface area contributed by atoms with Gasteiger partial charge in [-0.15, -0.1) is 0 Å². The minimum Gasteiger partial charge on any atom is -0.366 e. The minimum atomic E-state index is -0.305. The highest BCUT2D eigenvalue weighted by Crippen LogP contribution is 2.22. The standard InChI is InChI=1S/C22H18FN7/c1-15-24-9-10-29(15)20-8-7-16(11-18(20)23)13-25-21-12-19(17-5-3-2-4-6-17)28-22-26-14-27-30(21)22/h2-12,14,25H,13H2,1H3. The summed E-state index contributed by atoms with van der Waals surface area (Å²) in [6, 6.07) is 17.0. The summed E-state index contributed by atoms with van der Waals surface area (Å²) in [6.07, 6.45) is 4.86. The highest BCUT2D eigenvalue weighted by molar-refractivity contribution is 5.65. The number of benzene rings is 2. The SMILES string of the molecule is Cc1nccn1-c1ccc(CNc2cc(-c3ccccc3)nc3ncnn23)cc1F. The van der Waals surface area contributed by atoms with Gasteiger partial charge in [0.1, 0.15) is 23.8 Å². The van der Waals surface area contributed by atoms with Gasteiger partial charge in [0, 0.05) is 30.6 Å². The molecule has 0 radical (unpaired) electrons. The van der Waals surface area contributed by atoms with Crippen molar-refractivity contribution >= 4 is 11.6 Å². The fourth-order valence-electron chi connectivity index (χ4n) is 3.38. The number of hydrogen-bond donors (Lipinski definition) is 1. The monoisotopic (exact) mass is 399 g/mol. The van der Waals surface area contributed by atoms with E-state index in [1.165, 1.54) is 12.4 Å². The van der Waals surface area contributed by atoms with Crippen molar-refractivity contribution < 1.29 is 4.39 Å². The molecule has 0 aliphatic heterocycles. The first-order chi connectivity index (χ1) is 14.7. The molecule has 0 aliphatic carbocycles. The van der Waals surface area contributed by atoms with E-state index in [1.54, 1.807) is 27.5 Å². The van der Waals surface area contributed by atoms with Crippen LogP contribution in [-0.2, 0) is 6.54 Å². The van der Waals surface area contributed by atoms with Crippen molar-refractivity contribution in [1.82, 2.24) is 29.1 Å². The van der Waals surface area contributed by atoms with Gasteiger partial charge in [-0.05, 0) is 24.6 Å². The van der Waals surface area contributed by atoms with Crippen LogP contribution in [0.1, 0.15) is 11.4 Å². The molecule has 0 spiro atoms. The fourth-order valence-corrected chi connectivity index (χ4v) is 3.38. The van der Waals surface area contributed by atoms with Crippen LogP contribution in [0.5, 0.6) is 0 Å². The summed E-state index contributed by atoms with van der Waals surface area (Å²) in [5, 5.41) is 7.56. The number of rotatable bonds is 5. The molecule has 0 aliphatic rings. The van der Waals surface area contributed by atoms with E-state index in [2.05, 4.69) is 25.4 Å². The van der Waals surface area contributed by atoms with Crippen LogP contribution < -0.4 is 5.32 Å². The molecular formula is C22H18FN7. The molecule has 2 aromatic carbocycles. The largest absolute Gasteiger partial charge is 0.366 e. The third-order valence-corrected chi connectivity index (χ3v) is 4.89. The van der Waals surface area contributed by atoms with E-state index in [0.717, 1.165) is 28.5 Å². The van der Waals surface area contributed by atoms with Crippen LogP contribution in [0, 0.1) is 12.7 Å². The normalized spacial score (nSPS) is 11.1. The number of nitrogens with one attached hydrogen (secondary N) is 1. The Balaban J connectivity index is 1.43. The molecule has 148 valence electrons. The second kappa shape index (κ2) is 7.40. The summed E-state index contributed by atoms with van der Waals surface area (Å²) in [4.78, 5) is 12.9. The lowest BCUT2D eigenvalue weighted by molar-refractivity contribution is 0.614. The average molecular weight is 399 g/mol. The maximum absolute atomic E-state index is 14.7. The molecule has 30 heavy (non-hydrogen) atoms. The van der Waals surface area contributed by atoms with Crippen molar-refractivity contribution in [3.05, 3.63) is 90.5 Å². The highest BCUT2D eigenvalue weighted by Gasteiger charge is 2.11. The van der Waals surface area contributed by atoms with Gasteiger partial charge in [-0.1, -0.05) is 36.4 Å². The van der Waals surface area contributed by atoms with Gasteiger partial charge in [0.15, 0.2) is 0 Å². The molecule has 5 rings (SSSR count). The molecule has 8 heteroatoms. The van der Waals surface area contributed by atoms with E-state index in [-0.39, 0.29) is 5.82 Å². The van der Waals surface area contributed by atoms with Crippen LogP contribution in [0.25, 0.3) is 22.7 Å². The summed E-state index contributed by atoms with van der Waals surface area (Å²) in [7, 11) is 0. The van der Waals surface area contributed by atoms with Crippen molar-refractivity contribution in [3.63, 3.8) is 0 Å². The van der Waals surface area contributed by atoms with Crippen molar-refractivity contribution in [2.75, 3.05) is 5.32 Å². The van der Waals surface area contributed by atoms with Crippen molar-refractivity contribution in [2.24, 2.45) is 0 Å². The number of nitrogens with zero attached hydrogens (tertiary/aromatic N) is 6. The summed E-state index contributed by atoms with van der Waals surface area (Å²) >= 11 is 0. The number of fused-ring (bicyclic) bond motifs is 1. The quantitative estimate of drug-likeness (QED) is 0.483. The van der Waals surface area contributed by atoms with Gasteiger partial charge in [0.25, 0.3) is 5.78 Å². The summed E-state index contributed by atoms with van der Waals surface area (Å²) in [5.74, 6) is 1.65. The van der Waals surface area contributed by atoms with E-state index in [1.807, 2.05) is 49.4 Å². The lowest BCUT2D eigenvalue weighted by Gasteiger charge is -2.12. The summed E-state index contributed by atoms with van der Waals surface area (Å²) in [5.41, 5.74) is 3.05. The third kappa shape index (κ3) is 3.28. The number of halogens is 1. The van der Waals surface area contributed by atoms with Gasteiger partial charge >= 0.3 is 0 Å². The molecule has 7 nitrogen and oxygen atoms in total. The van der Waals surface area contributed by atoms with Crippen LogP contribution in [0.2, 0.25) is 0 Å². The van der Waals surface area contributed by atoms with E-state index in [0.29, 0.717) is 18.0 Å². The summed E-state index contributed by atoms with van der Waals surface area (Å²) in [6.45, 7) is 2.26. The third-order valence-electron chi connectivity index (χ3n) is 4.89. The Morgan fingerprint density at radius 1 is 1.03 bits per heavy atom. The Kier molecular flexibility index (Phi) is 4.44. The number of hydrogen-bond acceptors (Lipinski definition) is 5. The zero-order valence-corrected chi connectivity index (χ0v) is 16.2. The topological polar surface area (TPSA) is 72.9 Å². The first kappa shape index (κ1) is 18.0. The van der Waals surface area contributed by atoms with Gasteiger partial charge in [-0.25, -0.2) is 14.4 Å². The lowest BCUT2D eigenvalue weighted by Crippen LogP contribution is -2.08. The van der Waals surface area contributed by atoms with Gasteiger partial charge in [0.2, 0.25) is 0 Å². The Morgan fingerprint density at radius 2 is 1.90 bits per heavy atom. The van der Waals surface area contributed by atoms with Crippen molar-refractivity contribution in [2.45, 2.75) is 13.5 Å². The van der Waals surface area contributed by atoms with Crippen LogP contribution in [-0.4, -0.2) is 29.1 Å². The molecule has 0 amide bonds. The smallest absolute Gasteiger partial charge is 0.254 e. The number of imidazole rings is 1. The molecule has 0 fully saturated rings. The molecule has 0 saturated heterocycles. The molecule has 3 heterocycles. The van der Waals surface area contributed by atoms with E-state index < -0.39 is 0 Å². The molecular weight excluding hydrogens is 381 g/mol. The molecule has 1 N–H and O–H groups in total. The average Bonchev–Trinajstić information content (AvgIpc) is 3.41. The summed E-state index contributed by atoms with van der Waals surface area (Å²) < 4.78 is 18.0. The fraction of sp³-hybridized carbons (Fsp3) is 0.0909. The van der Waals surface area contributed by atoms with E-state index >= 15 is 0 Å². The molecule has 0 bridgehead atoms. The maximum atomic E-state index is 14.7. The highest BCUT2D eigenvalue weighted by atomic mass is 19.1. The Morgan fingerprint density at radius 3 is 2.67 bits per heavy atom.